The van der Waals surface area contributed by atoms with E-state index in [1.54, 1.807) is 4.57 Å². The molecule has 1 amide bonds. The molecule has 1 N–H and O–H groups in total. The van der Waals surface area contributed by atoms with Gasteiger partial charge in [0.25, 0.3) is 5.56 Å². The number of amides is 1. The number of hydrogen-bond donors (Lipinski definition) is 1. The molecule has 0 aliphatic carbocycles. The number of fused-ring (bicyclic) bond motifs is 1. The maximum atomic E-state index is 13.3. The molecule has 7 heteroatoms. The van der Waals surface area contributed by atoms with Gasteiger partial charge in [-0.3, -0.25) is 19.1 Å². The lowest BCUT2D eigenvalue weighted by molar-refractivity contribution is -0.113. The first-order valence-electron chi connectivity index (χ1n) is 11.4. The zero-order valence-electron chi connectivity index (χ0n) is 20.4. The molecule has 0 aliphatic heterocycles. The Hall–Kier alpha value is -2.64. The molecule has 0 saturated carbocycles. The zero-order valence-corrected chi connectivity index (χ0v) is 21.2. The second kappa shape index (κ2) is 11.0. The molecule has 6 nitrogen and oxygen atoms in total. The van der Waals surface area contributed by atoms with E-state index >= 15 is 0 Å². The van der Waals surface area contributed by atoms with E-state index in [9.17, 15) is 9.59 Å². The predicted octanol–water partition coefficient (Wildman–Crippen LogP) is 4.86. The molecule has 33 heavy (non-hydrogen) atoms. The van der Waals surface area contributed by atoms with Gasteiger partial charge in [0, 0.05) is 30.9 Å². The van der Waals surface area contributed by atoms with Gasteiger partial charge in [-0.05, 0) is 65.3 Å². The van der Waals surface area contributed by atoms with Crippen LogP contribution in [0.3, 0.4) is 0 Å². The Kier molecular flexibility index (Phi) is 8.32. The minimum absolute atomic E-state index is 0.0645. The Bertz CT molecular complexity index is 1180. The fourth-order valence-corrected chi connectivity index (χ4v) is 4.88. The summed E-state index contributed by atoms with van der Waals surface area (Å²) in [5.41, 5.74) is 3.57. The van der Waals surface area contributed by atoms with Gasteiger partial charge in [0.1, 0.15) is 0 Å². The van der Waals surface area contributed by atoms with E-state index in [0.29, 0.717) is 34.7 Å². The third-order valence-electron chi connectivity index (χ3n) is 5.72. The molecule has 2 aromatic carbocycles. The van der Waals surface area contributed by atoms with Crippen LogP contribution >= 0.6 is 11.8 Å². The van der Waals surface area contributed by atoms with Crippen molar-refractivity contribution in [3.8, 4) is 0 Å². The van der Waals surface area contributed by atoms with Crippen LogP contribution in [0.25, 0.3) is 10.9 Å². The van der Waals surface area contributed by atoms with E-state index < -0.39 is 0 Å². The lowest BCUT2D eigenvalue weighted by Crippen LogP contribution is -2.40. The molecule has 3 rings (SSSR count). The summed E-state index contributed by atoms with van der Waals surface area (Å²) in [5.74, 6) is 0.0581. The molecular weight excluding hydrogens is 432 g/mol. The molecule has 0 spiro atoms. The first kappa shape index (κ1) is 25.0. The molecular formula is C26H34N4O2S. The van der Waals surface area contributed by atoms with Crippen molar-refractivity contribution in [1.29, 1.82) is 0 Å². The summed E-state index contributed by atoms with van der Waals surface area (Å²) in [6.45, 7) is 13.9. The van der Waals surface area contributed by atoms with Gasteiger partial charge in [0.15, 0.2) is 5.16 Å². The summed E-state index contributed by atoms with van der Waals surface area (Å²) < 4.78 is 1.72. The zero-order chi connectivity index (χ0) is 24.1. The normalized spacial score (nSPS) is 11.7. The van der Waals surface area contributed by atoms with Gasteiger partial charge in [-0.2, -0.15) is 0 Å². The van der Waals surface area contributed by atoms with Crippen molar-refractivity contribution < 1.29 is 4.79 Å². The minimum Gasteiger partial charge on any atom is -0.325 e. The van der Waals surface area contributed by atoms with E-state index in [2.05, 4.69) is 37.9 Å². The van der Waals surface area contributed by atoms with Crippen LogP contribution < -0.4 is 10.9 Å². The topological polar surface area (TPSA) is 67.2 Å². The van der Waals surface area contributed by atoms with Crippen LogP contribution in [0.4, 0.5) is 5.69 Å². The fourth-order valence-electron chi connectivity index (χ4n) is 4.05. The Morgan fingerprint density at radius 3 is 2.45 bits per heavy atom. The lowest BCUT2D eigenvalue weighted by atomic mass is 10.1. The van der Waals surface area contributed by atoms with Crippen molar-refractivity contribution in [2.45, 2.75) is 65.3 Å². The number of carbonyl (C=O) groups excluding carboxylic acids is 1. The molecule has 0 fully saturated rings. The van der Waals surface area contributed by atoms with Crippen molar-refractivity contribution in [2.24, 2.45) is 0 Å². The molecule has 1 heterocycles. The molecule has 0 saturated heterocycles. The second-order valence-electron chi connectivity index (χ2n) is 8.95. The Labute approximate surface area is 200 Å². The molecule has 3 aromatic rings. The smallest absolute Gasteiger partial charge is 0.262 e. The summed E-state index contributed by atoms with van der Waals surface area (Å²) in [6.07, 6.45) is 0. The molecule has 0 bridgehead atoms. The van der Waals surface area contributed by atoms with Gasteiger partial charge in [-0.15, -0.1) is 0 Å². The molecule has 0 atom stereocenters. The average molecular weight is 467 g/mol. The van der Waals surface area contributed by atoms with Gasteiger partial charge in [-0.1, -0.05) is 41.6 Å². The van der Waals surface area contributed by atoms with Crippen LogP contribution in [0.5, 0.6) is 0 Å². The van der Waals surface area contributed by atoms with Crippen LogP contribution in [-0.2, 0) is 11.3 Å². The van der Waals surface area contributed by atoms with Crippen molar-refractivity contribution in [1.82, 2.24) is 14.5 Å². The second-order valence-corrected chi connectivity index (χ2v) is 9.89. The fraction of sp³-hybridized carbons (Fsp3) is 0.423. The maximum absolute atomic E-state index is 13.3. The molecule has 176 valence electrons. The SMILES string of the molecule is Cc1ccc(NC(=O)CSc2nc3ccccc3c(=O)n2CCN(C(C)C)C(C)C)c(C)c1. The summed E-state index contributed by atoms with van der Waals surface area (Å²) in [4.78, 5) is 33.1. The number of rotatable bonds is 9. The number of anilines is 1. The van der Waals surface area contributed by atoms with Crippen LogP contribution in [0.15, 0.2) is 52.4 Å². The maximum Gasteiger partial charge on any atom is 0.262 e. The molecule has 0 unspecified atom stereocenters. The number of hydrogen-bond acceptors (Lipinski definition) is 5. The number of aryl methyl sites for hydroxylation is 2. The number of aromatic nitrogens is 2. The first-order valence-corrected chi connectivity index (χ1v) is 12.4. The van der Waals surface area contributed by atoms with Crippen LogP contribution in [-0.4, -0.2) is 44.7 Å². The highest BCUT2D eigenvalue weighted by atomic mass is 32.2. The van der Waals surface area contributed by atoms with Crippen molar-refractivity contribution in [3.05, 3.63) is 63.9 Å². The van der Waals surface area contributed by atoms with Crippen molar-refractivity contribution in [3.63, 3.8) is 0 Å². The van der Waals surface area contributed by atoms with Crippen molar-refractivity contribution >= 4 is 34.3 Å². The minimum atomic E-state index is -0.119. The number of benzene rings is 2. The summed E-state index contributed by atoms with van der Waals surface area (Å²) in [6, 6.07) is 14.1. The highest BCUT2D eigenvalue weighted by molar-refractivity contribution is 7.99. The Morgan fingerprint density at radius 1 is 1.09 bits per heavy atom. The third kappa shape index (κ3) is 6.24. The summed E-state index contributed by atoms with van der Waals surface area (Å²) in [7, 11) is 0. The number of thioether (sulfide) groups is 1. The van der Waals surface area contributed by atoms with E-state index in [4.69, 9.17) is 4.98 Å². The standard InChI is InChI=1S/C26H34N4O2S/c1-17(2)29(18(3)4)13-14-30-25(32)21-9-7-8-10-23(21)28-26(30)33-16-24(31)27-22-12-11-19(5)15-20(22)6/h7-12,15,17-18H,13-14,16H2,1-6H3,(H,27,31). The van der Waals surface area contributed by atoms with Crippen LogP contribution in [0.2, 0.25) is 0 Å². The van der Waals surface area contributed by atoms with Gasteiger partial charge in [-0.25, -0.2) is 4.98 Å². The van der Waals surface area contributed by atoms with Gasteiger partial charge >= 0.3 is 0 Å². The first-order chi connectivity index (χ1) is 15.7. The van der Waals surface area contributed by atoms with E-state index in [1.807, 2.05) is 56.3 Å². The lowest BCUT2D eigenvalue weighted by Gasteiger charge is -2.30. The molecule has 0 aliphatic rings. The average Bonchev–Trinajstić information content (AvgIpc) is 2.75. The van der Waals surface area contributed by atoms with E-state index in [1.165, 1.54) is 11.8 Å². The van der Waals surface area contributed by atoms with E-state index in [-0.39, 0.29) is 17.2 Å². The largest absolute Gasteiger partial charge is 0.325 e. The summed E-state index contributed by atoms with van der Waals surface area (Å²) in [5, 5.41) is 4.15. The quantitative estimate of drug-likeness (QED) is 0.360. The Balaban J connectivity index is 1.83. The third-order valence-corrected chi connectivity index (χ3v) is 6.70. The molecule has 0 radical (unpaired) electrons. The van der Waals surface area contributed by atoms with Gasteiger partial charge < -0.3 is 5.32 Å². The van der Waals surface area contributed by atoms with Crippen molar-refractivity contribution in [2.75, 3.05) is 17.6 Å². The highest BCUT2D eigenvalue weighted by Crippen LogP contribution is 2.20. The summed E-state index contributed by atoms with van der Waals surface area (Å²) >= 11 is 1.30. The Morgan fingerprint density at radius 2 is 1.79 bits per heavy atom. The number of para-hydroxylation sites is 1. The number of carbonyl (C=O) groups is 1. The monoisotopic (exact) mass is 466 g/mol. The van der Waals surface area contributed by atoms with E-state index in [0.717, 1.165) is 23.4 Å². The highest BCUT2D eigenvalue weighted by Gasteiger charge is 2.17. The van der Waals surface area contributed by atoms with Crippen LogP contribution in [0, 0.1) is 13.8 Å². The van der Waals surface area contributed by atoms with Gasteiger partial charge in [0.05, 0.1) is 16.7 Å². The van der Waals surface area contributed by atoms with Gasteiger partial charge in [0.2, 0.25) is 5.91 Å². The van der Waals surface area contributed by atoms with Crippen LogP contribution in [0.1, 0.15) is 38.8 Å². The predicted molar refractivity (Wildman–Crippen MR) is 138 cm³/mol. The molecule has 1 aromatic heterocycles. The number of nitrogens with zero attached hydrogens (tertiary/aromatic N) is 3. The number of nitrogens with one attached hydrogen (secondary N) is 1.